The van der Waals surface area contributed by atoms with E-state index >= 15 is 0 Å². The van der Waals surface area contributed by atoms with Gasteiger partial charge in [0, 0.05) is 25.9 Å². The second-order valence-electron chi connectivity index (χ2n) is 4.66. The molecule has 1 aliphatic heterocycles. The van der Waals surface area contributed by atoms with Gasteiger partial charge in [-0.2, -0.15) is 0 Å². The third-order valence-corrected chi connectivity index (χ3v) is 3.41. The van der Waals surface area contributed by atoms with Gasteiger partial charge in [0.1, 0.15) is 0 Å². The van der Waals surface area contributed by atoms with Gasteiger partial charge in [-0.25, -0.2) is 0 Å². The van der Waals surface area contributed by atoms with Crippen LogP contribution in [-0.4, -0.2) is 37.4 Å². The lowest BCUT2D eigenvalue weighted by molar-refractivity contribution is -0.136. The first-order chi connectivity index (χ1) is 8.69. The molecule has 1 N–H and O–H groups in total. The maximum absolute atomic E-state index is 10.7. The predicted octanol–water partition coefficient (Wildman–Crippen LogP) is 1.93. The fraction of sp³-hybridized carbons (Fsp3) is 0.500. The van der Waals surface area contributed by atoms with Crippen molar-refractivity contribution in [3.8, 4) is 0 Å². The normalized spacial score (nSPS) is 16.8. The van der Waals surface area contributed by atoms with Crippen LogP contribution >= 0.6 is 0 Å². The Labute approximate surface area is 107 Å². The topological polar surface area (TPSA) is 49.8 Å². The molecule has 18 heavy (non-hydrogen) atoms. The Morgan fingerprint density at radius 3 is 2.78 bits per heavy atom. The van der Waals surface area contributed by atoms with Crippen molar-refractivity contribution in [2.45, 2.75) is 25.4 Å². The lowest BCUT2D eigenvalue weighted by atomic mass is 10.1. The van der Waals surface area contributed by atoms with Crippen LogP contribution in [0.3, 0.4) is 0 Å². The number of ether oxygens (including phenoxy) is 1. The summed E-state index contributed by atoms with van der Waals surface area (Å²) in [4.78, 5) is 13.0. The lowest BCUT2D eigenvalue weighted by Crippen LogP contribution is -2.36. The van der Waals surface area contributed by atoms with Crippen molar-refractivity contribution in [3.05, 3.63) is 29.8 Å². The van der Waals surface area contributed by atoms with Gasteiger partial charge in [-0.1, -0.05) is 12.1 Å². The quantitative estimate of drug-likeness (QED) is 0.885. The SMILES string of the molecule is COC1CCN(c2cccc(CC(=O)O)c2)CC1. The number of nitrogens with zero attached hydrogens (tertiary/aromatic N) is 1. The third kappa shape index (κ3) is 3.23. The zero-order valence-electron chi connectivity index (χ0n) is 10.6. The van der Waals surface area contributed by atoms with Gasteiger partial charge < -0.3 is 14.7 Å². The minimum Gasteiger partial charge on any atom is -0.481 e. The van der Waals surface area contributed by atoms with Gasteiger partial charge in [0.15, 0.2) is 0 Å². The molecule has 1 fully saturated rings. The number of carboxylic acid groups (broad SMARTS) is 1. The highest BCUT2D eigenvalue weighted by atomic mass is 16.5. The molecule has 1 aromatic carbocycles. The summed E-state index contributed by atoms with van der Waals surface area (Å²) in [7, 11) is 1.76. The number of hydrogen-bond acceptors (Lipinski definition) is 3. The summed E-state index contributed by atoms with van der Waals surface area (Å²) >= 11 is 0. The van der Waals surface area contributed by atoms with Crippen LogP contribution in [-0.2, 0) is 16.0 Å². The van der Waals surface area contributed by atoms with E-state index in [-0.39, 0.29) is 6.42 Å². The smallest absolute Gasteiger partial charge is 0.307 e. The minimum atomic E-state index is -0.787. The van der Waals surface area contributed by atoms with Gasteiger partial charge in [0.25, 0.3) is 0 Å². The van der Waals surface area contributed by atoms with Crippen molar-refractivity contribution in [1.82, 2.24) is 0 Å². The molecule has 1 heterocycles. The molecule has 0 unspecified atom stereocenters. The summed E-state index contributed by atoms with van der Waals surface area (Å²) in [5.41, 5.74) is 1.97. The van der Waals surface area contributed by atoms with Crippen LogP contribution in [0.1, 0.15) is 18.4 Å². The number of rotatable bonds is 4. The lowest BCUT2D eigenvalue weighted by Gasteiger charge is -2.33. The molecule has 0 aromatic heterocycles. The molecule has 4 heteroatoms. The minimum absolute atomic E-state index is 0.0857. The Morgan fingerprint density at radius 2 is 2.17 bits per heavy atom. The summed E-state index contributed by atoms with van der Waals surface area (Å²) < 4.78 is 5.35. The summed E-state index contributed by atoms with van der Waals surface area (Å²) in [6, 6.07) is 7.80. The van der Waals surface area contributed by atoms with Crippen molar-refractivity contribution in [2.24, 2.45) is 0 Å². The summed E-state index contributed by atoms with van der Waals surface area (Å²) in [6.07, 6.45) is 2.50. The standard InChI is InChI=1S/C14H19NO3/c1-18-13-5-7-15(8-6-13)12-4-2-3-11(9-12)10-14(16)17/h2-4,9,13H,5-8,10H2,1H3,(H,16,17). The number of aliphatic carboxylic acids is 1. The zero-order valence-corrected chi connectivity index (χ0v) is 10.6. The van der Waals surface area contributed by atoms with E-state index in [0.29, 0.717) is 6.10 Å². The molecule has 0 bridgehead atoms. The third-order valence-electron chi connectivity index (χ3n) is 3.41. The van der Waals surface area contributed by atoms with Crippen LogP contribution in [0.15, 0.2) is 24.3 Å². The average Bonchev–Trinajstić information content (AvgIpc) is 2.38. The Hall–Kier alpha value is -1.55. The van der Waals surface area contributed by atoms with Gasteiger partial charge in [-0.05, 0) is 30.5 Å². The Morgan fingerprint density at radius 1 is 1.44 bits per heavy atom. The highest BCUT2D eigenvalue weighted by molar-refractivity contribution is 5.70. The van der Waals surface area contributed by atoms with E-state index in [1.807, 2.05) is 24.3 Å². The molecular formula is C14H19NO3. The molecule has 2 rings (SSSR count). The second kappa shape index (κ2) is 5.87. The molecule has 0 atom stereocenters. The highest BCUT2D eigenvalue weighted by Gasteiger charge is 2.19. The van der Waals surface area contributed by atoms with E-state index in [4.69, 9.17) is 9.84 Å². The van der Waals surface area contributed by atoms with Crippen LogP contribution in [0.2, 0.25) is 0 Å². The molecule has 1 aliphatic rings. The first kappa shape index (κ1) is 12.9. The molecule has 1 saturated heterocycles. The summed E-state index contributed by atoms with van der Waals surface area (Å²) in [5.74, 6) is -0.787. The maximum Gasteiger partial charge on any atom is 0.307 e. The fourth-order valence-corrected chi connectivity index (χ4v) is 2.39. The van der Waals surface area contributed by atoms with Crippen LogP contribution in [0.4, 0.5) is 5.69 Å². The average molecular weight is 249 g/mol. The molecule has 98 valence electrons. The highest BCUT2D eigenvalue weighted by Crippen LogP contribution is 2.22. The van der Waals surface area contributed by atoms with Crippen molar-refractivity contribution in [3.63, 3.8) is 0 Å². The molecule has 4 nitrogen and oxygen atoms in total. The van der Waals surface area contributed by atoms with Gasteiger partial charge in [-0.15, -0.1) is 0 Å². The number of piperidine rings is 1. The van der Waals surface area contributed by atoms with E-state index in [0.717, 1.165) is 37.2 Å². The van der Waals surface area contributed by atoms with Crippen LogP contribution in [0.5, 0.6) is 0 Å². The molecule has 0 radical (unpaired) electrons. The van der Waals surface area contributed by atoms with Gasteiger partial charge in [-0.3, -0.25) is 4.79 Å². The Balaban J connectivity index is 2.02. The number of carboxylic acids is 1. The van der Waals surface area contributed by atoms with Crippen LogP contribution < -0.4 is 4.90 Å². The molecule has 0 saturated carbocycles. The van der Waals surface area contributed by atoms with E-state index in [2.05, 4.69) is 4.90 Å². The number of methoxy groups -OCH3 is 1. The van der Waals surface area contributed by atoms with E-state index in [1.54, 1.807) is 7.11 Å². The molecular weight excluding hydrogens is 230 g/mol. The van der Waals surface area contributed by atoms with Crippen molar-refractivity contribution >= 4 is 11.7 Å². The fourth-order valence-electron chi connectivity index (χ4n) is 2.39. The summed E-state index contributed by atoms with van der Waals surface area (Å²) in [5, 5.41) is 8.80. The Kier molecular flexibility index (Phi) is 4.20. The molecule has 1 aromatic rings. The van der Waals surface area contributed by atoms with E-state index < -0.39 is 5.97 Å². The van der Waals surface area contributed by atoms with Gasteiger partial charge in [0.05, 0.1) is 12.5 Å². The van der Waals surface area contributed by atoms with Crippen molar-refractivity contribution < 1.29 is 14.6 Å². The predicted molar refractivity (Wildman–Crippen MR) is 70.0 cm³/mol. The van der Waals surface area contributed by atoms with Crippen molar-refractivity contribution in [2.75, 3.05) is 25.1 Å². The monoisotopic (exact) mass is 249 g/mol. The number of carbonyl (C=O) groups is 1. The second-order valence-corrected chi connectivity index (χ2v) is 4.66. The molecule has 0 amide bonds. The zero-order chi connectivity index (χ0) is 13.0. The van der Waals surface area contributed by atoms with Gasteiger partial charge >= 0.3 is 5.97 Å². The van der Waals surface area contributed by atoms with Crippen molar-refractivity contribution in [1.29, 1.82) is 0 Å². The maximum atomic E-state index is 10.7. The number of anilines is 1. The summed E-state index contributed by atoms with van der Waals surface area (Å²) in [6.45, 7) is 1.93. The first-order valence-electron chi connectivity index (χ1n) is 6.27. The Bertz CT molecular complexity index is 411. The van der Waals surface area contributed by atoms with Crippen LogP contribution in [0, 0.1) is 0 Å². The number of benzene rings is 1. The largest absolute Gasteiger partial charge is 0.481 e. The molecule has 0 aliphatic carbocycles. The van der Waals surface area contributed by atoms with E-state index in [1.165, 1.54) is 0 Å². The van der Waals surface area contributed by atoms with E-state index in [9.17, 15) is 4.79 Å². The first-order valence-corrected chi connectivity index (χ1v) is 6.27. The number of hydrogen-bond donors (Lipinski definition) is 1. The van der Waals surface area contributed by atoms with Gasteiger partial charge in [0.2, 0.25) is 0 Å². The molecule has 0 spiro atoms. The van der Waals surface area contributed by atoms with Crippen LogP contribution in [0.25, 0.3) is 0 Å².